The quantitative estimate of drug-likeness (QED) is 0.792. The summed E-state index contributed by atoms with van der Waals surface area (Å²) in [6, 6.07) is 11.9. The highest BCUT2D eigenvalue weighted by atomic mass is 79.9. The average Bonchev–Trinajstić information content (AvgIpc) is 2.33. The van der Waals surface area contributed by atoms with E-state index < -0.39 is 9.84 Å². The van der Waals surface area contributed by atoms with E-state index in [0.717, 1.165) is 0 Å². The van der Waals surface area contributed by atoms with Gasteiger partial charge in [-0.15, -0.1) is 0 Å². The van der Waals surface area contributed by atoms with E-state index in [-0.39, 0.29) is 5.75 Å². The topological polar surface area (TPSA) is 60.2 Å². The first-order valence-corrected chi connectivity index (χ1v) is 8.65. The predicted molar refractivity (Wildman–Crippen MR) is 83.6 cm³/mol. The summed E-state index contributed by atoms with van der Waals surface area (Å²) in [5.41, 5.74) is 6.92. The first-order valence-electron chi connectivity index (χ1n) is 5.41. The summed E-state index contributed by atoms with van der Waals surface area (Å²) in [6.07, 6.45) is 0. The molecule has 0 atom stereocenters. The maximum absolute atomic E-state index is 12.4. The normalized spacial score (nSPS) is 11.5. The lowest BCUT2D eigenvalue weighted by Crippen LogP contribution is -2.06. The van der Waals surface area contributed by atoms with Crippen LogP contribution in [0.4, 0.5) is 5.69 Å². The van der Waals surface area contributed by atoms with Crippen LogP contribution in [0, 0.1) is 0 Å². The van der Waals surface area contributed by atoms with Crippen LogP contribution < -0.4 is 5.73 Å². The molecule has 0 fully saturated rings. The average molecular weight is 405 g/mol. The highest BCUT2D eigenvalue weighted by molar-refractivity contribution is 9.10. The molecule has 6 heteroatoms. The number of hydrogen-bond acceptors (Lipinski definition) is 3. The van der Waals surface area contributed by atoms with Crippen LogP contribution in [0.25, 0.3) is 0 Å². The van der Waals surface area contributed by atoms with Crippen LogP contribution in [0.3, 0.4) is 0 Å². The molecule has 0 bridgehead atoms. The number of hydrogen-bond donors (Lipinski definition) is 1. The first-order chi connectivity index (χ1) is 8.90. The fraction of sp³-hybridized carbons (Fsp3) is 0.0769. The van der Waals surface area contributed by atoms with Gasteiger partial charge in [-0.1, -0.05) is 34.1 Å². The van der Waals surface area contributed by atoms with Gasteiger partial charge in [-0.25, -0.2) is 8.42 Å². The van der Waals surface area contributed by atoms with E-state index in [2.05, 4.69) is 31.9 Å². The summed E-state index contributed by atoms with van der Waals surface area (Å²) in [6.45, 7) is 0. The minimum Gasteiger partial charge on any atom is -0.399 e. The number of nitrogens with two attached hydrogens (primary N) is 1. The maximum atomic E-state index is 12.4. The summed E-state index contributed by atoms with van der Waals surface area (Å²) < 4.78 is 26.0. The van der Waals surface area contributed by atoms with Crippen LogP contribution in [0.2, 0.25) is 0 Å². The predicted octanol–water partition coefficient (Wildman–Crippen LogP) is 3.77. The zero-order chi connectivity index (χ0) is 14.0. The number of nitrogen functional groups attached to an aromatic ring is 1. The lowest BCUT2D eigenvalue weighted by molar-refractivity contribution is 0.594. The van der Waals surface area contributed by atoms with Crippen molar-refractivity contribution in [1.29, 1.82) is 0 Å². The van der Waals surface area contributed by atoms with Gasteiger partial charge in [0.05, 0.1) is 10.6 Å². The van der Waals surface area contributed by atoms with E-state index in [4.69, 9.17) is 5.73 Å². The molecule has 0 saturated carbocycles. The number of halogens is 2. The molecule has 0 aliphatic rings. The molecule has 0 radical (unpaired) electrons. The van der Waals surface area contributed by atoms with Gasteiger partial charge in [0, 0.05) is 14.6 Å². The standard InChI is InChI=1S/C13H11Br2NO2S/c14-11-3-1-2-4-13(11)19(17,18)8-9-5-6-10(16)7-12(9)15/h1-7H,8,16H2. The molecular formula is C13H11Br2NO2S. The largest absolute Gasteiger partial charge is 0.399 e. The Morgan fingerprint density at radius 3 is 2.32 bits per heavy atom. The van der Waals surface area contributed by atoms with Crippen molar-refractivity contribution >= 4 is 47.4 Å². The summed E-state index contributed by atoms with van der Waals surface area (Å²) >= 11 is 6.60. The molecule has 0 saturated heterocycles. The lowest BCUT2D eigenvalue weighted by Gasteiger charge is -2.08. The Hall–Kier alpha value is -0.850. The third-order valence-corrected chi connectivity index (χ3v) is 6.00. The van der Waals surface area contributed by atoms with Crippen LogP contribution in [0.5, 0.6) is 0 Å². The molecule has 0 spiro atoms. The Morgan fingerprint density at radius 1 is 1.00 bits per heavy atom. The highest BCUT2D eigenvalue weighted by Gasteiger charge is 2.19. The second-order valence-electron chi connectivity index (χ2n) is 4.04. The minimum absolute atomic E-state index is 0.0729. The molecule has 100 valence electrons. The molecule has 2 rings (SSSR count). The van der Waals surface area contributed by atoms with Crippen molar-refractivity contribution in [3.8, 4) is 0 Å². The van der Waals surface area contributed by atoms with Crippen molar-refractivity contribution in [3.05, 3.63) is 57.0 Å². The van der Waals surface area contributed by atoms with Gasteiger partial charge in [0.25, 0.3) is 0 Å². The van der Waals surface area contributed by atoms with Crippen molar-refractivity contribution in [1.82, 2.24) is 0 Å². The Kier molecular flexibility index (Phi) is 4.32. The molecule has 2 aromatic rings. The lowest BCUT2D eigenvalue weighted by atomic mass is 10.2. The zero-order valence-corrected chi connectivity index (χ0v) is 13.8. The second kappa shape index (κ2) is 5.64. The van der Waals surface area contributed by atoms with Crippen LogP contribution in [-0.2, 0) is 15.6 Å². The number of anilines is 1. The monoisotopic (exact) mass is 403 g/mol. The zero-order valence-electron chi connectivity index (χ0n) is 9.81. The van der Waals surface area contributed by atoms with Crippen molar-refractivity contribution in [2.24, 2.45) is 0 Å². The van der Waals surface area contributed by atoms with Gasteiger partial charge in [-0.05, 0) is 45.8 Å². The molecule has 0 unspecified atom stereocenters. The molecule has 19 heavy (non-hydrogen) atoms. The Bertz CT molecular complexity index is 714. The van der Waals surface area contributed by atoms with Crippen LogP contribution in [-0.4, -0.2) is 8.42 Å². The van der Waals surface area contributed by atoms with Gasteiger partial charge >= 0.3 is 0 Å². The molecule has 0 amide bonds. The maximum Gasteiger partial charge on any atom is 0.183 e. The van der Waals surface area contributed by atoms with Crippen molar-refractivity contribution in [2.75, 3.05) is 5.73 Å². The molecule has 2 aromatic carbocycles. The van der Waals surface area contributed by atoms with Gasteiger partial charge < -0.3 is 5.73 Å². The second-order valence-corrected chi connectivity index (χ2v) is 7.71. The van der Waals surface area contributed by atoms with Crippen molar-refractivity contribution in [3.63, 3.8) is 0 Å². The summed E-state index contributed by atoms with van der Waals surface area (Å²) in [5.74, 6) is -0.0729. The van der Waals surface area contributed by atoms with Crippen LogP contribution in [0.1, 0.15) is 5.56 Å². The van der Waals surface area contributed by atoms with E-state index in [9.17, 15) is 8.42 Å². The van der Waals surface area contributed by atoms with E-state index in [1.807, 2.05) is 0 Å². The van der Waals surface area contributed by atoms with Gasteiger partial charge in [0.2, 0.25) is 0 Å². The smallest absolute Gasteiger partial charge is 0.183 e. The molecule has 3 nitrogen and oxygen atoms in total. The summed E-state index contributed by atoms with van der Waals surface area (Å²) in [4.78, 5) is 0.290. The Balaban J connectivity index is 2.40. The number of benzene rings is 2. The van der Waals surface area contributed by atoms with Gasteiger partial charge in [-0.3, -0.25) is 0 Å². The molecule has 2 N–H and O–H groups in total. The molecule has 0 aliphatic carbocycles. The van der Waals surface area contributed by atoms with Gasteiger partial charge in [0.1, 0.15) is 0 Å². The third kappa shape index (κ3) is 3.38. The summed E-state index contributed by atoms with van der Waals surface area (Å²) in [7, 11) is -3.40. The van der Waals surface area contributed by atoms with E-state index in [0.29, 0.717) is 25.1 Å². The van der Waals surface area contributed by atoms with Gasteiger partial charge in [-0.2, -0.15) is 0 Å². The highest BCUT2D eigenvalue weighted by Crippen LogP contribution is 2.28. The fourth-order valence-electron chi connectivity index (χ4n) is 1.66. The Morgan fingerprint density at radius 2 is 1.68 bits per heavy atom. The number of sulfone groups is 1. The first kappa shape index (κ1) is 14.6. The van der Waals surface area contributed by atoms with Crippen LogP contribution >= 0.6 is 31.9 Å². The molecular weight excluding hydrogens is 394 g/mol. The van der Waals surface area contributed by atoms with Crippen LogP contribution in [0.15, 0.2) is 56.3 Å². The molecule has 0 heterocycles. The fourth-order valence-corrected chi connectivity index (χ4v) is 4.87. The minimum atomic E-state index is -3.40. The van der Waals surface area contributed by atoms with E-state index >= 15 is 0 Å². The van der Waals surface area contributed by atoms with Crippen molar-refractivity contribution in [2.45, 2.75) is 10.6 Å². The van der Waals surface area contributed by atoms with Gasteiger partial charge in [0.15, 0.2) is 9.84 Å². The molecule has 0 aromatic heterocycles. The van der Waals surface area contributed by atoms with E-state index in [1.165, 1.54) is 0 Å². The molecule has 0 aliphatic heterocycles. The third-order valence-electron chi connectivity index (χ3n) is 2.59. The van der Waals surface area contributed by atoms with E-state index in [1.54, 1.807) is 42.5 Å². The Labute approximate surface area is 129 Å². The number of rotatable bonds is 3. The summed E-state index contributed by atoms with van der Waals surface area (Å²) in [5, 5.41) is 0. The SMILES string of the molecule is Nc1ccc(CS(=O)(=O)c2ccccc2Br)c(Br)c1. The van der Waals surface area contributed by atoms with Crippen molar-refractivity contribution < 1.29 is 8.42 Å².